The van der Waals surface area contributed by atoms with E-state index in [0.717, 1.165) is 56.8 Å². The van der Waals surface area contributed by atoms with E-state index in [1.807, 2.05) is 12.1 Å². The van der Waals surface area contributed by atoms with Crippen molar-refractivity contribution in [2.24, 2.45) is 0 Å². The summed E-state index contributed by atoms with van der Waals surface area (Å²) in [6.07, 6.45) is 3.01. The predicted molar refractivity (Wildman–Crippen MR) is 125 cm³/mol. The number of rotatable bonds is 6. The molecule has 0 spiro atoms. The number of fused-ring (bicyclic) bond motifs is 2. The third kappa shape index (κ3) is 4.30. The molecule has 1 fully saturated rings. The van der Waals surface area contributed by atoms with Crippen LogP contribution in [0.25, 0.3) is 11.2 Å². The molecule has 11 heteroatoms. The molecule has 0 atom stereocenters. The Hall–Kier alpha value is -2.12. The Kier molecular flexibility index (Phi) is 5.89. The van der Waals surface area contributed by atoms with E-state index >= 15 is 0 Å². The molecule has 3 aromatic rings. The number of ketones is 1. The number of imidazole rings is 1. The summed E-state index contributed by atoms with van der Waals surface area (Å²) in [5, 5.41) is 0.800. The summed E-state index contributed by atoms with van der Waals surface area (Å²) in [5.74, 6) is 2.20. The fourth-order valence-electron chi connectivity index (χ4n) is 3.77. The van der Waals surface area contributed by atoms with Crippen molar-refractivity contribution in [2.75, 3.05) is 38.6 Å². The Bertz CT molecular complexity index is 1150. The van der Waals surface area contributed by atoms with Crippen LogP contribution in [0.2, 0.25) is 0 Å². The standard InChI is InChI=1S/C20H21IN6O3S/c21-13-8-14-15(30-7-6-29-14)9-16(13)31-20-25-17-18(22)23-11-24-19(17)27(20)4-1-3-26-5-2-12(28)10-26/h8-9,11H,1-7,10H2,(H2,22,23,24). The number of aromatic nitrogens is 4. The molecule has 0 radical (unpaired) electrons. The number of Topliss-reactive ketones (excluding diaryl/α,β-unsaturated/α-hetero) is 1. The van der Waals surface area contributed by atoms with E-state index < -0.39 is 0 Å². The molecule has 2 N–H and O–H groups in total. The van der Waals surface area contributed by atoms with Gasteiger partial charge in [0, 0.05) is 34.5 Å². The number of nitrogen functional groups attached to an aromatic ring is 1. The van der Waals surface area contributed by atoms with E-state index in [-0.39, 0.29) is 0 Å². The van der Waals surface area contributed by atoms with Gasteiger partial charge in [-0.15, -0.1) is 0 Å². The maximum absolute atomic E-state index is 11.5. The number of aryl methyl sites for hydroxylation is 1. The van der Waals surface area contributed by atoms with Crippen LogP contribution in [0.1, 0.15) is 12.8 Å². The van der Waals surface area contributed by atoms with Gasteiger partial charge in [0.05, 0.1) is 6.54 Å². The Morgan fingerprint density at radius 1 is 1.16 bits per heavy atom. The van der Waals surface area contributed by atoms with E-state index in [1.54, 1.807) is 11.8 Å². The molecule has 5 rings (SSSR count). The highest BCUT2D eigenvalue weighted by molar-refractivity contribution is 14.1. The minimum Gasteiger partial charge on any atom is -0.486 e. The summed E-state index contributed by atoms with van der Waals surface area (Å²) in [7, 11) is 0. The number of benzene rings is 1. The number of hydrogen-bond donors (Lipinski definition) is 1. The lowest BCUT2D eigenvalue weighted by atomic mass is 10.3. The Morgan fingerprint density at radius 3 is 2.74 bits per heavy atom. The summed E-state index contributed by atoms with van der Waals surface area (Å²) >= 11 is 3.85. The lowest BCUT2D eigenvalue weighted by Crippen LogP contribution is -2.23. The molecule has 1 aromatic carbocycles. The van der Waals surface area contributed by atoms with Gasteiger partial charge < -0.3 is 19.8 Å². The molecule has 4 heterocycles. The van der Waals surface area contributed by atoms with E-state index in [0.29, 0.717) is 43.3 Å². The number of ether oxygens (including phenoxy) is 2. The van der Waals surface area contributed by atoms with Gasteiger partial charge in [0.15, 0.2) is 33.6 Å². The van der Waals surface area contributed by atoms with Crippen molar-refractivity contribution in [2.45, 2.75) is 29.4 Å². The van der Waals surface area contributed by atoms with E-state index in [1.165, 1.54) is 6.33 Å². The minimum absolute atomic E-state index is 0.318. The summed E-state index contributed by atoms with van der Waals surface area (Å²) in [6.45, 7) is 4.08. The molecular weight excluding hydrogens is 531 g/mol. The first-order chi connectivity index (χ1) is 15.1. The third-order valence-corrected chi connectivity index (χ3v) is 7.60. The van der Waals surface area contributed by atoms with Crippen LogP contribution in [0, 0.1) is 3.57 Å². The predicted octanol–water partition coefficient (Wildman–Crippen LogP) is 2.60. The molecule has 2 aliphatic rings. The lowest BCUT2D eigenvalue weighted by Gasteiger charge is -2.20. The monoisotopic (exact) mass is 552 g/mol. The number of carbonyl (C=O) groups is 1. The van der Waals surface area contributed by atoms with Crippen LogP contribution in [0.4, 0.5) is 5.82 Å². The molecule has 2 aromatic heterocycles. The number of carbonyl (C=O) groups excluding carboxylic acids is 1. The molecule has 2 aliphatic heterocycles. The highest BCUT2D eigenvalue weighted by Gasteiger charge is 2.21. The molecule has 162 valence electrons. The van der Waals surface area contributed by atoms with Gasteiger partial charge in [-0.3, -0.25) is 9.69 Å². The van der Waals surface area contributed by atoms with Crippen molar-refractivity contribution in [1.82, 2.24) is 24.4 Å². The molecule has 0 unspecified atom stereocenters. The largest absolute Gasteiger partial charge is 0.486 e. The number of anilines is 1. The van der Waals surface area contributed by atoms with E-state index in [2.05, 4.69) is 42.0 Å². The number of likely N-dealkylation sites (tertiary alicyclic amines) is 1. The summed E-state index contributed by atoms with van der Waals surface area (Å²) in [6, 6.07) is 3.98. The average Bonchev–Trinajstić information content (AvgIpc) is 3.33. The number of nitrogens with two attached hydrogens (primary N) is 1. The molecular formula is C20H21IN6O3S. The molecule has 0 bridgehead atoms. The Balaban J connectivity index is 1.43. The maximum Gasteiger partial charge on any atom is 0.175 e. The first-order valence-electron chi connectivity index (χ1n) is 10.1. The molecule has 0 saturated carbocycles. The zero-order chi connectivity index (χ0) is 21.4. The summed E-state index contributed by atoms with van der Waals surface area (Å²) in [5.41, 5.74) is 7.40. The first-order valence-corrected chi connectivity index (χ1v) is 12.0. The van der Waals surface area contributed by atoms with Crippen molar-refractivity contribution in [3.8, 4) is 11.5 Å². The first kappa shape index (κ1) is 20.8. The van der Waals surface area contributed by atoms with Gasteiger partial charge in [-0.25, -0.2) is 15.0 Å². The zero-order valence-corrected chi connectivity index (χ0v) is 19.7. The van der Waals surface area contributed by atoms with Gasteiger partial charge >= 0.3 is 0 Å². The molecule has 9 nitrogen and oxygen atoms in total. The van der Waals surface area contributed by atoms with Gasteiger partial charge in [-0.1, -0.05) is 11.8 Å². The smallest absolute Gasteiger partial charge is 0.175 e. The molecule has 0 aliphatic carbocycles. The molecule has 0 amide bonds. The van der Waals surface area contributed by atoms with Crippen molar-refractivity contribution < 1.29 is 14.3 Å². The van der Waals surface area contributed by atoms with Crippen LogP contribution in [0.5, 0.6) is 11.5 Å². The Morgan fingerprint density at radius 2 is 1.97 bits per heavy atom. The molecule has 31 heavy (non-hydrogen) atoms. The van der Waals surface area contributed by atoms with Gasteiger partial charge in [0.2, 0.25) is 0 Å². The van der Waals surface area contributed by atoms with Crippen LogP contribution < -0.4 is 15.2 Å². The zero-order valence-electron chi connectivity index (χ0n) is 16.7. The average molecular weight is 552 g/mol. The highest BCUT2D eigenvalue weighted by atomic mass is 127. The maximum atomic E-state index is 11.5. The van der Waals surface area contributed by atoms with Crippen molar-refractivity contribution >= 4 is 57.1 Å². The van der Waals surface area contributed by atoms with E-state index in [9.17, 15) is 4.79 Å². The number of hydrogen-bond acceptors (Lipinski definition) is 9. The van der Waals surface area contributed by atoms with Crippen LogP contribution >= 0.6 is 34.4 Å². The van der Waals surface area contributed by atoms with Crippen LogP contribution in [-0.4, -0.2) is 63.1 Å². The van der Waals surface area contributed by atoms with Crippen molar-refractivity contribution in [3.63, 3.8) is 0 Å². The number of nitrogens with zero attached hydrogens (tertiary/aromatic N) is 5. The highest BCUT2D eigenvalue weighted by Crippen LogP contribution is 2.40. The third-order valence-electron chi connectivity index (χ3n) is 5.29. The number of halogens is 1. The fraction of sp³-hybridized carbons (Fsp3) is 0.400. The van der Waals surface area contributed by atoms with Gasteiger partial charge in [-0.05, 0) is 41.1 Å². The van der Waals surface area contributed by atoms with Crippen molar-refractivity contribution in [1.29, 1.82) is 0 Å². The second-order valence-electron chi connectivity index (χ2n) is 7.42. The van der Waals surface area contributed by atoms with Crippen LogP contribution in [0.15, 0.2) is 28.5 Å². The quantitative estimate of drug-likeness (QED) is 0.462. The SMILES string of the molecule is Nc1ncnc2c1nc(Sc1cc3c(cc1I)OCCO3)n2CCCN1CCC(=O)C1. The van der Waals surface area contributed by atoms with Gasteiger partial charge in [0.25, 0.3) is 0 Å². The summed E-state index contributed by atoms with van der Waals surface area (Å²) in [4.78, 5) is 28.1. The van der Waals surface area contributed by atoms with Gasteiger partial charge in [0.1, 0.15) is 25.3 Å². The second-order valence-corrected chi connectivity index (χ2v) is 9.60. The van der Waals surface area contributed by atoms with Crippen LogP contribution in [-0.2, 0) is 11.3 Å². The topological polar surface area (TPSA) is 108 Å². The molecule has 1 saturated heterocycles. The fourth-order valence-corrected chi connectivity index (χ4v) is 5.48. The van der Waals surface area contributed by atoms with Gasteiger partial charge in [-0.2, -0.15) is 0 Å². The van der Waals surface area contributed by atoms with E-state index in [4.69, 9.17) is 20.2 Å². The lowest BCUT2D eigenvalue weighted by molar-refractivity contribution is -0.116. The van der Waals surface area contributed by atoms with Crippen LogP contribution in [0.3, 0.4) is 0 Å². The minimum atomic E-state index is 0.318. The normalized spacial score (nSPS) is 16.4. The Labute approximate surface area is 196 Å². The summed E-state index contributed by atoms with van der Waals surface area (Å²) < 4.78 is 14.6. The van der Waals surface area contributed by atoms with Crippen molar-refractivity contribution in [3.05, 3.63) is 22.0 Å². The second kappa shape index (κ2) is 8.79.